The molecule has 1 aromatic carbocycles. The number of nitrogen functional groups attached to an aromatic ring is 1. The smallest absolute Gasteiger partial charge is 0.264 e. The summed E-state index contributed by atoms with van der Waals surface area (Å²) in [7, 11) is -2.10. The van der Waals surface area contributed by atoms with Crippen molar-refractivity contribution in [2.75, 3.05) is 17.1 Å². The lowest BCUT2D eigenvalue weighted by atomic mass is 10.1. The zero-order valence-corrected chi connectivity index (χ0v) is 12.6. The van der Waals surface area contributed by atoms with Gasteiger partial charge in [-0.1, -0.05) is 6.07 Å². The van der Waals surface area contributed by atoms with Gasteiger partial charge in [-0.2, -0.15) is 0 Å². The van der Waals surface area contributed by atoms with Crippen molar-refractivity contribution in [3.8, 4) is 0 Å². The first-order valence-electron chi connectivity index (χ1n) is 6.80. The van der Waals surface area contributed by atoms with Gasteiger partial charge in [0.1, 0.15) is 0 Å². The van der Waals surface area contributed by atoms with Crippen molar-refractivity contribution in [2.45, 2.75) is 24.2 Å². The number of rotatable bonds is 3. The van der Waals surface area contributed by atoms with Gasteiger partial charge in [-0.15, -0.1) is 0 Å². The van der Waals surface area contributed by atoms with Crippen LogP contribution >= 0.6 is 0 Å². The highest BCUT2D eigenvalue weighted by atomic mass is 32.2. The molecular weight excluding hydrogens is 286 g/mol. The highest BCUT2D eigenvalue weighted by Crippen LogP contribution is 2.29. The quantitative estimate of drug-likeness (QED) is 0.940. The predicted molar refractivity (Wildman–Crippen MR) is 82.7 cm³/mol. The van der Waals surface area contributed by atoms with Gasteiger partial charge < -0.3 is 5.73 Å². The summed E-state index contributed by atoms with van der Waals surface area (Å²) in [5.41, 5.74) is 8.97. The number of nitrogens with zero attached hydrogens (tertiary/aromatic N) is 2. The van der Waals surface area contributed by atoms with Gasteiger partial charge in [0, 0.05) is 13.2 Å². The summed E-state index contributed by atoms with van der Waals surface area (Å²) in [5, 5.41) is 0. The van der Waals surface area contributed by atoms with E-state index in [2.05, 4.69) is 4.98 Å². The van der Waals surface area contributed by atoms with Gasteiger partial charge in [0.15, 0.2) is 0 Å². The molecule has 0 bridgehead atoms. The summed E-state index contributed by atoms with van der Waals surface area (Å²) < 4.78 is 26.7. The van der Waals surface area contributed by atoms with Crippen LogP contribution in [0.4, 0.5) is 11.4 Å². The summed E-state index contributed by atoms with van der Waals surface area (Å²) in [6.45, 7) is 0. The first kappa shape index (κ1) is 13.9. The Morgan fingerprint density at radius 1 is 1.19 bits per heavy atom. The van der Waals surface area contributed by atoms with E-state index in [1.165, 1.54) is 29.3 Å². The Morgan fingerprint density at radius 3 is 2.71 bits per heavy atom. The molecular formula is C15H17N3O2S. The van der Waals surface area contributed by atoms with Crippen LogP contribution in [0.25, 0.3) is 0 Å². The van der Waals surface area contributed by atoms with Crippen molar-refractivity contribution in [3.63, 3.8) is 0 Å². The molecule has 5 nitrogen and oxygen atoms in total. The molecule has 2 aromatic rings. The molecule has 0 radical (unpaired) electrons. The summed E-state index contributed by atoms with van der Waals surface area (Å²) in [4.78, 5) is 4.19. The topological polar surface area (TPSA) is 76.3 Å². The molecule has 1 heterocycles. The molecule has 0 unspecified atom stereocenters. The first-order chi connectivity index (χ1) is 10.00. The van der Waals surface area contributed by atoms with E-state index in [0.29, 0.717) is 16.3 Å². The Labute approximate surface area is 124 Å². The van der Waals surface area contributed by atoms with Crippen molar-refractivity contribution < 1.29 is 8.42 Å². The number of sulfonamides is 1. The lowest BCUT2D eigenvalue weighted by Crippen LogP contribution is -2.27. The van der Waals surface area contributed by atoms with E-state index in [1.807, 2.05) is 6.07 Å². The molecule has 0 atom stereocenters. The van der Waals surface area contributed by atoms with Crippen molar-refractivity contribution in [2.24, 2.45) is 0 Å². The average Bonchev–Trinajstić information content (AvgIpc) is 2.94. The van der Waals surface area contributed by atoms with E-state index >= 15 is 0 Å². The lowest BCUT2D eigenvalue weighted by molar-refractivity contribution is 0.594. The van der Waals surface area contributed by atoms with Crippen molar-refractivity contribution in [1.82, 2.24) is 4.98 Å². The van der Waals surface area contributed by atoms with E-state index in [4.69, 9.17) is 5.73 Å². The minimum Gasteiger partial charge on any atom is -0.396 e. The molecule has 6 heteroatoms. The maximum absolute atomic E-state index is 12.7. The van der Waals surface area contributed by atoms with Crippen LogP contribution in [0.5, 0.6) is 0 Å². The molecule has 1 aliphatic rings. The largest absolute Gasteiger partial charge is 0.396 e. The zero-order chi connectivity index (χ0) is 15.0. The van der Waals surface area contributed by atoms with E-state index in [1.54, 1.807) is 18.2 Å². The van der Waals surface area contributed by atoms with Gasteiger partial charge in [-0.3, -0.25) is 9.29 Å². The number of aryl methyl sites for hydroxylation is 2. The minimum atomic E-state index is -3.61. The van der Waals surface area contributed by atoms with Crippen LogP contribution in [0.1, 0.15) is 17.5 Å². The maximum atomic E-state index is 12.7. The fraction of sp³-hybridized carbons (Fsp3) is 0.267. The highest BCUT2D eigenvalue weighted by molar-refractivity contribution is 7.92. The Morgan fingerprint density at radius 2 is 1.95 bits per heavy atom. The zero-order valence-electron chi connectivity index (χ0n) is 11.8. The Bertz CT molecular complexity index is 787. The van der Waals surface area contributed by atoms with Crippen molar-refractivity contribution >= 4 is 21.4 Å². The van der Waals surface area contributed by atoms with Gasteiger partial charge in [0.05, 0.1) is 22.5 Å². The molecule has 0 fully saturated rings. The molecule has 0 spiro atoms. The van der Waals surface area contributed by atoms with E-state index < -0.39 is 10.0 Å². The Balaban J connectivity index is 2.02. The number of benzene rings is 1. The number of aromatic nitrogens is 1. The third kappa shape index (κ3) is 2.35. The van der Waals surface area contributed by atoms with Gasteiger partial charge in [0.2, 0.25) is 0 Å². The number of hydrogen-bond donors (Lipinski definition) is 1. The monoisotopic (exact) mass is 303 g/mol. The third-order valence-corrected chi connectivity index (χ3v) is 5.66. The summed E-state index contributed by atoms with van der Waals surface area (Å²) in [5.74, 6) is 0. The Hall–Kier alpha value is -2.08. The number of hydrogen-bond acceptors (Lipinski definition) is 4. The minimum absolute atomic E-state index is 0.307. The fourth-order valence-electron chi connectivity index (χ4n) is 2.68. The summed E-state index contributed by atoms with van der Waals surface area (Å²) in [6.07, 6.45) is 6.04. The molecule has 1 aromatic heterocycles. The lowest BCUT2D eigenvalue weighted by Gasteiger charge is -2.21. The Kier molecular flexibility index (Phi) is 3.33. The van der Waals surface area contributed by atoms with Gasteiger partial charge >= 0.3 is 0 Å². The van der Waals surface area contributed by atoms with Crippen molar-refractivity contribution in [1.29, 1.82) is 0 Å². The number of pyridine rings is 1. The third-order valence-electron chi connectivity index (χ3n) is 3.90. The fourth-order valence-corrected chi connectivity index (χ4v) is 3.95. The van der Waals surface area contributed by atoms with Crippen LogP contribution in [0.15, 0.2) is 41.6 Å². The van der Waals surface area contributed by atoms with Gasteiger partial charge in [0.25, 0.3) is 10.0 Å². The second-order valence-electron chi connectivity index (χ2n) is 5.19. The second-order valence-corrected chi connectivity index (χ2v) is 7.16. The highest BCUT2D eigenvalue weighted by Gasteiger charge is 2.24. The van der Waals surface area contributed by atoms with E-state index in [0.717, 1.165) is 24.8 Å². The van der Waals surface area contributed by atoms with Crippen LogP contribution in [0.2, 0.25) is 0 Å². The maximum Gasteiger partial charge on any atom is 0.264 e. The van der Waals surface area contributed by atoms with Gasteiger partial charge in [-0.05, 0) is 48.6 Å². The normalized spacial score (nSPS) is 14.0. The standard InChI is InChI=1S/C15H17N3O2S/c1-18(15-7-8-17-10-14(15)16)21(19,20)13-6-5-11-3-2-4-12(11)9-13/h5-10H,2-4,16H2,1H3. The number of nitrogens with two attached hydrogens (primary N) is 1. The van der Waals surface area contributed by atoms with Crippen LogP contribution in [0, 0.1) is 0 Å². The molecule has 1 aliphatic carbocycles. The molecule has 3 rings (SSSR count). The molecule has 0 amide bonds. The van der Waals surface area contributed by atoms with Crippen LogP contribution in [-0.4, -0.2) is 20.4 Å². The van der Waals surface area contributed by atoms with Gasteiger partial charge in [-0.25, -0.2) is 8.42 Å². The van der Waals surface area contributed by atoms with Crippen LogP contribution in [0.3, 0.4) is 0 Å². The number of fused-ring (bicyclic) bond motifs is 1. The molecule has 21 heavy (non-hydrogen) atoms. The first-order valence-corrected chi connectivity index (χ1v) is 8.24. The van der Waals surface area contributed by atoms with Crippen molar-refractivity contribution in [3.05, 3.63) is 47.8 Å². The SMILES string of the molecule is CN(c1ccncc1N)S(=O)(=O)c1ccc2c(c1)CCC2. The molecule has 2 N–H and O–H groups in total. The second kappa shape index (κ2) is 5.04. The molecule has 0 saturated heterocycles. The molecule has 110 valence electrons. The van der Waals surface area contributed by atoms with E-state index in [-0.39, 0.29) is 0 Å². The summed E-state index contributed by atoms with van der Waals surface area (Å²) >= 11 is 0. The summed E-state index contributed by atoms with van der Waals surface area (Å²) in [6, 6.07) is 6.97. The number of anilines is 2. The van der Waals surface area contributed by atoms with Crippen LogP contribution < -0.4 is 10.0 Å². The average molecular weight is 303 g/mol. The molecule has 0 saturated carbocycles. The van der Waals surface area contributed by atoms with E-state index in [9.17, 15) is 8.42 Å². The predicted octanol–water partition coefficient (Wildman–Crippen LogP) is 1.98. The molecule has 0 aliphatic heterocycles. The van der Waals surface area contributed by atoms with Crippen LogP contribution in [-0.2, 0) is 22.9 Å².